The lowest BCUT2D eigenvalue weighted by Crippen LogP contribution is -2.26. The molecule has 0 saturated carbocycles. The number of pyridine rings is 1. The van der Waals surface area contributed by atoms with Crippen molar-refractivity contribution in [3.05, 3.63) is 52.8 Å². The largest absolute Gasteiger partial charge is 0.495 e. The molecule has 0 aliphatic heterocycles. The molecule has 138 valence electrons. The summed E-state index contributed by atoms with van der Waals surface area (Å²) in [7, 11) is 1.52. The Bertz CT molecular complexity index is 793. The van der Waals surface area contributed by atoms with Crippen LogP contribution in [-0.4, -0.2) is 30.5 Å². The zero-order valence-corrected chi connectivity index (χ0v) is 15.8. The summed E-state index contributed by atoms with van der Waals surface area (Å²) in [6.07, 6.45) is 3.73. The van der Waals surface area contributed by atoms with Crippen molar-refractivity contribution in [2.45, 2.75) is 20.3 Å². The fraction of sp³-hybridized carbons (Fsp3) is 0.316. The number of methoxy groups -OCH3 is 1. The first-order chi connectivity index (χ1) is 12.4. The number of benzene rings is 1. The molecule has 2 rings (SSSR count). The predicted octanol–water partition coefficient (Wildman–Crippen LogP) is 3.77. The van der Waals surface area contributed by atoms with Crippen LogP contribution in [0.1, 0.15) is 41.0 Å². The number of hydrogen-bond donors (Lipinski definition) is 2. The van der Waals surface area contributed by atoms with Crippen molar-refractivity contribution in [1.82, 2.24) is 10.3 Å². The average molecular weight is 376 g/mol. The number of anilines is 1. The van der Waals surface area contributed by atoms with Gasteiger partial charge in [-0.1, -0.05) is 25.4 Å². The van der Waals surface area contributed by atoms with E-state index in [2.05, 4.69) is 29.5 Å². The second-order valence-corrected chi connectivity index (χ2v) is 6.61. The summed E-state index contributed by atoms with van der Waals surface area (Å²) in [5.41, 5.74) is 1.15. The quantitative estimate of drug-likeness (QED) is 0.771. The molecule has 7 heteroatoms. The van der Waals surface area contributed by atoms with Crippen molar-refractivity contribution >= 4 is 29.1 Å². The van der Waals surface area contributed by atoms with Gasteiger partial charge in [-0.25, -0.2) is 0 Å². The van der Waals surface area contributed by atoms with Gasteiger partial charge < -0.3 is 15.4 Å². The minimum atomic E-state index is -0.379. The van der Waals surface area contributed by atoms with Crippen LogP contribution >= 0.6 is 11.6 Å². The molecule has 2 N–H and O–H groups in total. The summed E-state index contributed by atoms with van der Waals surface area (Å²) < 4.78 is 5.08. The zero-order chi connectivity index (χ0) is 19.1. The Hall–Kier alpha value is -2.60. The highest BCUT2D eigenvalue weighted by Gasteiger charge is 2.12. The maximum atomic E-state index is 12.4. The van der Waals surface area contributed by atoms with Gasteiger partial charge in [0.15, 0.2) is 0 Å². The standard InChI is InChI=1S/C19H22ClN3O3/c1-12(2)6-7-22-18(24)13-8-14(11-21-10-13)19(25)23-15-4-5-17(26-3)16(20)9-15/h4-5,8-12H,6-7H2,1-3H3,(H,22,24)(H,23,25). The first-order valence-electron chi connectivity index (χ1n) is 8.29. The summed E-state index contributed by atoms with van der Waals surface area (Å²) in [6.45, 7) is 4.76. The van der Waals surface area contributed by atoms with Gasteiger partial charge in [-0.05, 0) is 36.6 Å². The smallest absolute Gasteiger partial charge is 0.257 e. The van der Waals surface area contributed by atoms with Gasteiger partial charge in [0.2, 0.25) is 0 Å². The number of ether oxygens (including phenoxy) is 1. The Balaban J connectivity index is 2.05. The molecule has 0 radical (unpaired) electrons. The van der Waals surface area contributed by atoms with Crippen molar-refractivity contribution in [2.75, 3.05) is 19.0 Å². The van der Waals surface area contributed by atoms with E-state index < -0.39 is 0 Å². The number of rotatable bonds is 7. The lowest BCUT2D eigenvalue weighted by Gasteiger charge is -2.09. The number of nitrogens with one attached hydrogen (secondary N) is 2. The molecule has 26 heavy (non-hydrogen) atoms. The monoisotopic (exact) mass is 375 g/mol. The number of carbonyl (C=O) groups is 2. The Kier molecular flexibility index (Phi) is 6.97. The number of carbonyl (C=O) groups excluding carboxylic acids is 2. The molecule has 0 atom stereocenters. The molecule has 0 saturated heterocycles. The second kappa shape index (κ2) is 9.20. The minimum Gasteiger partial charge on any atom is -0.495 e. The molecular weight excluding hydrogens is 354 g/mol. The van der Waals surface area contributed by atoms with Gasteiger partial charge in [-0.15, -0.1) is 0 Å². The van der Waals surface area contributed by atoms with Crippen LogP contribution in [-0.2, 0) is 0 Å². The molecule has 1 aromatic carbocycles. The molecule has 0 aliphatic carbocycles. The Morgan fingerprint density at radius 1 is 1.15 bits per heavy atom. The van der Waals surface area contributed by atoms with Crippen LogP contribution in [0.25, 0.3) is 0 Å². The zero-order valence-electron chi connectivity index (χ0n) is 15.0. The molecule has 0 bridgehead atoms. The summed E-state index contributed by atoms with van der Waals surface area (Å²) in [6, 6.07) is 6.44. The number of aromatic nitrogens is 1. The van der Waals surface area contributed by atoms with Crippen LogP contribution in [0.5, 0.6) is 5.75 Å². The van der Waals surface area contributed by atoms with Crippen LogP contribution in [0.3, 0.4) is 0 Å². The van der Waals surface area contributed by atoms with Gasteiger partial charge in [0.25, 0.3) is 11.8 Å². The topological polar surface area (TPSA) is 80.3 Å². The molecule has 2 aromatic rings. The highest BCUT2D eigenvalue weighted by Crippen LogP contribution is 2.27. The number of nitrogens with zero attached hydrogens (tertiary/aromatic N) is 1. The average Bonchev–Trinajstić information content (AvgIpc) is 2.61. The summed E-state index contributed by atoms with van der Waals surface area (Å²) in [5, 5.41) is 5.94. The first kappa shape index (κ1) is 19.7. The van der Waals surface area contributed by atoms with Gasteiger partial charge in [0.1, 0.15) is 5.75 Å². The van der Waals surface area contributed by atoms with E-state index in [1.54, 1.807) is 18.2 Å². The summed E-state index contributed by atoms with van der Waals surface area (Å²) in [4.78, 5) is 28.6. The third kappa shape index (κ3) is 5.46. The number of amides is 2. The van der Waals surface area contributed by atoms with Crippen LogP contribution < -0.4 is 15.4 Å². The van der Waals surface area contributed by atoms with E-state index in [9.17, 15) is 9.59 Å². The minimum absolute atomic E-state index is 0.250. The van der Waals surface area contributed by atoms with Crippen molar-refractivity contribution in [3.8, 4) is 5.75 Å². The summed E-state index contributed by atoms with van der Waals surface area (Å²) in [5.74, 6) is 0.393. The molecule has 0 fully saturated rings. The van der Waals surface area contributed by atoms with E-state index in [0.29, 0.717) is 34.5 Å². The molecule has 0 unspecified atom stereocenters. The van der Waals surface area contributed by atoms with E-state index in [1.807, 2.05) is 0 Å². The van der Waals surface area contributed by atoms with E-state index in [0.717, 1.165) is 6.42 Å². The van der Waals surface area contributed by atoms with Gasteiger partial charge in [-0.3, -0.25) is 14.6 Å². The lowest BCUT2D eigenvalue weighted by molar-refractivity contribution is 0.0951. The predicted molar refractivity (Wildman–Crippen MR) is 102 cm³/mol. The van der Waals surface area contributed by atoms with Crippen LogP contribution in [0.2, 0.25) is 5.02 Å². The SMILES string of the molecule is COc1ccc(NC(=O)c2cncc(C(=O)NCCC(C)C)c2)cc1Cl. The highest BCUT2D eigenvalue weighted by atomic mass is 35.5. The summed E-state index contributed by atoms with van der Waals surface area (Å²) >= 11 is 6.05. The lowest BCUT2D eigenvalue weighted by atomic mass is 10.1. The highest BCUT2D eigenvalue weighted by molar-refractivity contribution is 6.32. The van der Waals surface area contributed by atoms with Crippen LogP contribution in [0.15, 0.2) is 36.7 Å². The van der Waals surface area contributed by atoms with Crippen molar-refractivity contribution in [3.63, 3.8) is 0 Å². The van der Waals surface area contributed by atoms with Gasteiger partial charge in [0.05, 0.1) is 23.3 Å². The van der Waals surface area contributed by atoms with E-state index in [4.69, 9.17) is 16.3 Å². The van der Waals surface area contributed by atoms with E-state index in [1.165, 1.54) is 25.6 Å². The Labute approximate surface area is 157 Å². The van der Waals surface area contributed by atoms with Crippen molar-refractivity contribution in [1.29, 1.82) is 0 Å². The second-order valence-electron chi connectivity index (χ2n) is 6.20. The molecule has 2 amide bonds. The third-order valence-corrected chi connectivity index (χ3v) is 3.97. The molecule has 0 aliphatic rings. The molecular formula is C19H22ClN3O3. The maximum absolute atomic E-state index is 12.4. The number of hydrogen-bond acceptors (Lipinski definition) is 4. The van der Waals surface area contributed by atoms with Gasteiger partial charge in [0, 0.05) is 24.6 Å². The molecule has 1 heterocycles. The third-order valence-electron chi connectivity index (χ3n) is 3.68. The molecule has 0 spiro atoms. The van der Waals surface area contributed by atoms with E-state index >= 15 is 0 Å². The van der Waals surface area contributed by atoms with Gasteiger partial charge in [-0.2, -0.15) is 0 Å². The molecule has 6 nitrogen and oxygen atoms in total. The van der Waals surface area contributed by atoms with Crippen LogP contribution in [0, 0.1) is 5.92 Å². The maximum Gasteiger partial charge on any atom is 0.257 e. The van der Waals surface area contributed by atoms with Crippen molar-refractivity contribution < 1.29 is 14.3 Å². The number of halogens is 1. The van der Waals surface area contributed by atoms with Gasteiger partial charge >= 0.3 is 0 Å². The fourth-order valence-electron chi connectivity index (χ4n) is 2.21. The van der Waals surface area contributed by atoms with E-state index in [-0.39, 0.29) is 17.4 Å². The first-order valence-corrected chi connectivity index (χ1v) is 8.66. The Morgan fingerprint density at radius 2 is 1.85 bits per heavy atom. The molecule has 1 aromatic heterocycles. The van der Waals surface area contributed by atoms with Crippen LogP contribution in [0.4, 0.5) is 5.69 Å². The normalized spacial score (nSPS) is 10.5. The fourth-order valence-corrected chi connectivity index (χ4v) is 2.47. The van der Waals surface area contributed by atoms with Crippen molar-refractivity contribution in [2.24, 2.45) is 5.92 Å². The Morgan fingerprint density at radius 3 is 2.46 bits per heavy atom.